The van der Waals surface area contributed by atoms with Crippen molar-refractivity contribution in [3.63, 3.8) is 0 Å². The predicted octanol–water partition coefficient (Wildman–Crippen LogP) is 1.36. The fourth-order valence-corrected chi connectivity index (χ4v) is 3.64. The molecule has 1 aliphatic rings. The van der Waals surface area contributed by atoms with Crippen molar-refractivity contribution in [2.75, 3.05) is 26.7 Å². The molecule has 0 spiro atoms. The molecule has 8 heteroatoms. The van der Waals surface area contributed by atoms with Gasteiger partial charge in [0.25, 0.3) is 5.56 Å². The van der Waals surface area contributed by atoms with Crippen LogP contribution in [0.4, 0.5) is 4.39 Å². The number of ketones is 1. The molecule has 1 N–H and O–H groups in total. The zero-order valence-corrected chi connectivity index (χ0v) is 16.0. The van der Waals surface area contributed by atoms with Crippen molar-refractivity contribution in [3.05, 3.63) is 62.2 Å². The number of carbonyl (C=O) groups excluding carboxylic acids is 1. The summed E-state index contributed by atoms with van der Waals surface area (Å²) in [6, 6.07) is 3.97. The maximum absolute atomic E-state index is 13.6. The topological polar surface area (TPSA) is 84.4 Å². The first-order valence-corrected chi connectivity index (χ1v) is 9.28. The standard InChI is InChI=1S/C20H24FN3O4/c1-23-19(26)13(11-22-20(23)27)7-9-24-8-3-4-14(12-24)18(25)16-10-15(21)5-6-17(16)28-2/h5-6,10-11,14H,3-4,7-9,12H2,1-2H3,(H,22,27)/t14-/m0/s1. The minimum absolute atomic E-state index is 0.124. The van der Waals surface area contributed by atoms with Crippen LogP contribution in [-0.2, 0) is 13.5 Å². The minimum atomic E-state index is -0.467. The van der Waals surface area contributed by atoms with E-state index in [9.17, 15) is 18.8 Å². The summed E-state index contributed by atoms with van der Waals surface area (Å²) in [6.07, 6.45) is 3.51. The minimum Gasteiger partial charge on any atom is -0.496 e. The highest BCUT2D eigenvalue weighted by atomic mass is 19.1. The van der Waals surface area contributed by atoms with Gasteiger partial charge < -0.3 is 14.6 Å². The van der Waals surface area contributed by atoms with Crippen LogP contribution in [0.1, 0.15) is 28.8 Å². The van der Waals surface area contributed by atoms with Crippen molar-refractivity contribution < 1.29 is 13.9 Å². The number of ether oxygens (including phenoxy) is 1. The van der Waals surface area contributed by atoms with E-state index in [2.05, 4.69) is 9.88 Å². The predicted molar refractivity (Wildman–Crippen MR) is 102 cm³/mol. The van der Waals surface area contributed by atoms with Gasteiger partial charge in [-0.2, -0.15) is 0 Å². The summed E-state index contributed by atoms with van der Waals surface area (Å²) >= 11 is 0. The summed E-state index contributed by atoms with van der Waals surface area (Å²) < 4.78 is 19.9. The number of likely N-dealkylation sites (tertiary alicyclic amines) is 1. The number of nitrogens with one attached hydrogen (secondary N) is 1. The number of carbonyl (C=O) groups is 1. The lowest BCUT2D eigenvalue weighted by molar-refractivity contribution is 0.0817. The number of halogens is 1. The number of nitrogens with zero attached hydrogens (tertiary/aromatic N) is 2. The van der Waals surface area contributed by atoms with Crippen LogP contribution >= 0.6 is 0 Å². The third kappa shape index (κ3) is 4.22. The Bertz CT molecular complexity index is 982. The van der Waals surface area contributed by atoms with Crippen molar-refractivity contribution in [1.29, 1.82) is 0 Å². The van der Waals surface area contributed by atoms with E-state index in [4.69, 9.17) is 4.74 Å². The van der Waals surface area contributed by atoms with Gasteiger partial charge in [0.2, 0.25) is 0 Å². The van der Waals surface area contributed by atoms with Crippen LogP contribution in [-0.4, -0.2) is 47.0 Å². The van der Waals surface area contributed by atoms with E-state index in [0.717, 1.165) is 24.0 Å². The van der Waals surface area contributed by atoms with Gasteiger partial charge in [0.05, 0.1) is 12.7 Å². The summed E-state index contributed by atoms with van der Waals surface area (Å²) in [7, 11) is 2.90. The van der Waals surface area contributed by atoms with E-state index in [0.29, 0.717) is 30.8 Å². The van der Waals surface area contributed by atoms with Gasteiger partial charge in [-0.05, 0) is 44.0 Å². The normalized spacial score (nSPS) is 17.5. The van der Waals surface area contributed by atoms with E-state index in [1.54, 1.807) is 0 Å². The molecule has 1 saturated heterocycles. The fraction of sp³-hybridized carbons (Fsp3) is 0.450. The Balaban J connectivity index is 1.68. The molecule has 1 atom stereocenters. The monoisotopic (exact) mass is 389 g/mol. The summed E-state index contributed by atoms with van der Waals surface area (Å²) in [6.45, 7) is 1.97. The Morgan fingerprint density at radius 3 is 2.89 bits per heavy atom. The molecule has 2 heterocycles. The first-order valence-electron chi connectivity index (χ1n) is 9.28. The largest absolute Gasteiger partial charge is 0.496 e. The summed E-state index contributed by atoms with van der Waals surface area (Å²) in [5, 5.41) is 0. The van der Waals surface area contributed by atoms with Gasteiger partial charge in [-0.3, -0.25) is 14.2 Å². The molecule has 0 aliphatic carbocycles. The molecular formula is C20H24FN3O4. The van der Waals surface area contributed by atoms with Gasteiger partial charge in [0, 0.05) is 37.8 Å². The SMILES string of the molecule is COc1ccc(F)cc1C(=O)[C@H]1CCCN(CCc2c[nH]c(=O)n(C)c2=O)C1. The maximum Gasteiger partial charge on any atom is 0.328 e. The second-order valence-electron chi connectivity index (χ2n) is 7.08. The third-order valence-corrected chi connectivity index (χ3v) is 5.25. The average molecular weight is 389 g/mol. The van der Waals surface area contributed by atoms with Gasteiger partial charge in [0.1, 0.15) is 11.6 Å². The van der Waals surface area contributed by atoms with Crippen LogP contribution in [0.15, 0.2) is 34.0 Å². The molecular weight excluding hydrogens is 365 g/mol. The lowest BCUT2D eigenvalue weighted by Crippen LogP contribution is -2.41. The first kappa shape index (κ1) is 20.0. The van der Waals surface area contributed by atoms with Crippen molar-refractivity contribution in [2.45, 2.75) is 19.3 Å². The Morgan fingerprint density at radius 2 is 2.14 bits per heavy atom. The molecule has 0 saturated carbocycles. The Labute approximate surface area is 161 Å². The zero-order valence-electron chi connectivity index (χ0n) is 16.0. The summed E-state index contributed by atoms with van der Waals surface area (Å²) in [5.41, 5.74) is 0.0468. The molecule has 3 rings (SSSR count). The van der Waals surface area contributed by atoms with Crippen LogP contribution in [0.3, 0.4) is 0 Å². The number of aromatic nitrogens is 2. The highest BCUT2D eigenvalue weighted by Gasteiger charge is 2.28. The van der Waals surface area contributed by atoms with Crippen molar-refractivity contribution >= 4 is 5.78 Å². The van der Waals surface area contributed by atoms with E-state index in [-0.39, 0.29) is 22.8 Å². The molecule has 0 unspecified atom stereocenters. The number of aromatic amines is 1. The Hall–Kier alpha value is -2.74. The second kappa shape index (κ2) is 8.52. The summed E-state index contributed by atoms with van der Waals surface area (Å²) in [4.78, 5) is 41.2. The van der Waals surface area contributed by atoms with Crippen molar-refractivity contribution in [3.8, 4) is 5.75 Å². The van der Waals surface area contributed by atoms with Crippen LogP contribution < -0.4 is 16.0 Å². The van der Waals surface area contributed by atoms with Crippen LogP contribution in [0.5, 0.6) is 5.75 Å². The maximum atomic E-state index is 13.6. The highest BCUT2D eigenvalue weighted by molar-refractivity contribution is 6.00. The Kier molecular flexibility index (Phi) is 6.08. The number of piperidine rings is 1. The molecule has 0 radical (unpaired) electrons. The van der Waals surface area contributed by atoms with Crippen LogP contribution in [0.25, 0.3) is 0 Å². The van der Waals surface area contributed by atoms with Crippen molar-refractivity contribution in [1.82, 2.24) is 14.5 Å². The number of H-pyrrole nitrogens is 1. The molecule has 2 aromatic rings. The number of rotatable bonds is 6. The molecule has 1 aliphatic heterocycles. The highest BCUT2D eigenvalue weighted by Crippen LogP contribution is 2.27. The molecule has 28 heavy (non-hydrogen) atoms. The molecule has 0 amide bonds. The van der Waals surface area contributed by atoms with Gasteiger partial charge in [-0.1, -0.05) is 0 Å². The zero-order chi connectivity index (χ0) is 20.3. The van der Waals surface area contributed by atoms with Gasteiger partial charge >= 0.3 is 5.69 Å². The van der Waals surface area contributed by atoms with Gasteiger partial charge in [0.15, 0.2) is 5.78 Å². The molecule has 1 aromatic heterocycles. The quantitative estimate of drug-likeness (QED) is 0.754. The number of Topliss-reactive ketones (excluding diaryl/α,β-unsaturated/α-hetero) is 1. The summed E-state index contributed by atoms with van der Waals surface area (Å²) in [5.74, 6) is -0.463. The van der Waals surface area contributed by atoms with E-state index in [1.807, 2.05) is 0 Å². The number of hydrogen-bond donors (Lipinski definition) is 1. The van der Waals surface area contributed by atoms with Crippen LogP contribution in [0.2, 0.25) is 0 Å². The fourth-order valence-electron chi connectivity index (χ4n) is 3.64. The van der Waals surface area contributed by atoms with E-state index < -0.39 is 11.5 Å². The van der Waals surface area contributed by atoms with E-state index in [1.165, 1.54) is 38.6 Å². The smallest absolute Gasteiger partial charge is 0.328 e. The van der Waals surface area contributed by atoms with Crippen molar-refractivity contribution in [2.24, 2.45) is 13.0 Å². The van der Waals surface area contributed by atoms with E-state index >= 15 is 0 Å². The average Bonchev–Trinajstić information content (AvgIpc) is 2.71. The second-order valence-corrected chi connectivity index (χ2v) is 7.08. The lowest BCUT2D eigenvalue weighted by Gasteiger charge is -2.32. The molecule has 150 valence electrons. The van der Waals surface area contributed by atoms with Crippen LogP contribution in [0, 0.1) is 11.7 Å². The molecule has 1 aromatic carbocycles. The molecule has 1 fully saturated rings. The number of hydrogen-bond acceptors (Lipinski definition) is 5. The van der Waals surface area contributed by atoms with Gasteiger partial charge in [-0.25, -0.2) is 9.18 Å². The van der Waals surface area contributed by atoms with Gasteiger partial charge in [-0.15, -0.1) is 0 Å². The third-order valence-electron chi connectivity index (χ3n) is 5.25. The Morgan fingerprint density at radius 1 is 1.36 bits per heavy atom. The lowest BCUT2D eigenvalue weighted by atomic mass is 9.89. The first-order chi connectivity index (χ1) is 13.4. The molecule has 7 nitrogen and oxygen atoms in total. The molecule has 0 bridgehead atoms. The number of benzene rings is 1. The number of methoxy groups -OCH3 is 1.